The van der Waals surface area contributed by atoms with Crippen LogP contribution in [0.3, 0.4) is 0 Å². The first kappa shape index (κ1) is 18.8. The minimum absolute atomic E-state index is 0.0259. The van der Waals surface area contributed by atoms with Crippen molar-refractivity contribution < 1.29 is 23.8 Å². The minimum Gasteiger partial charge on any atom is -0.511 e. The maximum absolute atomic E-state index is 14.1. The summed E-state index contributed by atoms with van der Waals surface area (Å²) in [5.74, 6) is -0.186. The molecule has 2 bridgehead atoms. The molecule has 0 radical (unpaired) electrons. The molecule has 0 unspecified atom stereocenters. The first-order chi connectivity index (χ1) is 14.0. The number of hydrogen-bond donors (Lipinski definition) is 1. The highest BCUT2D eigenvalue weighted by Gasteiger charge is 2.59. The van der Waals surface area contributed by atoms with Crippen molar-refractivity contribution in [2.75, 3.05) is 0 Å². The van der Waals surface area contributed by atoms with Gasteiger partial charge < -0.3 is 14.6 Å². The number of aryl methyl sites for hydroxylation is 1. The van der Waals surface area contributed by atoms with Gasteiger partial charge in [-0.1, -0.05) is 28.9 Å². The van der Waals surface area contributed by atoms with Gasteiger partial charge in [0.15, 0.2) is 17.3 Å². The molecule has 5 rings (SSSR count). The number of carbonyl (C=O) groups is 1. The fourth-order valence-electron chi connectivity index (χ4n) is 4.94. The average molecular weight is 459 g/mol. The molecule has 4 atom stereocenters. The molecule has 2 heterocycles. The van der Waals surface area contributed by atoms with Crippen molar-refractivity contribution in [3.05, 3.63) is 63.6 Å². The molecule has 1 aliphatic carbocycles. The number of allylic oxidation sites excluding steroid dienone is 1. The molecule has 2 aromatic carbocycles. The Morgan fingerprint density at radius 3 is 2.62 bits per heavy atom. The van der Waals surface area contributed by atoms with E-state index in [-0.39, 0.29) is 41.3 Å². The molecule has 29 heavy (non-hydrogen) atoms. The van der Waals surface area contributed by atoms with E-state index in [0.717, 1.165) is 24.0 Å². The highest BCUT2D eigenvalue weighted by atomic mass is 79.9. The van der Waals surface area contributed by atoms with E-state index < -0.39 is 5.82 Å². The van der Waals surface area contributed by atoms with E-state index in [0.29, 0.717) is 22.2 Å². The second-order valence-corrected chi connectivity index (χ2v) is 8.73. The number of rotatable bonds is 4. The van der Waals surface area contributed by atoms with Crippen LogP contribution in [0.5, 0.6) is 11.5 Å². The van der Waals surface area contributed by atoms with Crippen LogP contribution in [0, 0.1) is 17.7 Å². The molecule has 0 amide bonds. The van der Waals surface area contributed by atoms with E-state index in [1.54, 1.807) is 24.3 Å². The molecule has 1 N–H and O–H groups in total. The summed E-state index contributed by atoms with van der Waals surface area (Å²) in [6.45, 7) is 1.98. The standard InChI is InChI=1S/C23H20BrFO4/c1-2-11-9-13(28-16-6-3-12(24)10-15(16)25)4-5-14(11)19-22(26)20-17-7-8-18(29-17)21(20)23(19)27/h3-6,9-10,17-18,20-21,26H,2,7-8H2,1H3/t17-,18+,20+,21-/m0/s1. The third kappa shape index (κ3) is 2.92. The number of ketones is 1. The fourth-order valence-corrected chi connectivity index (χ4v) is 5.28. The van der Waals surface area contributed by atoms with Gasteiger partial charge in [-0.25, -0.2) is 4.39 Å². The quantitative estimate of drug-likeness (QED) is 0.648. The van der Waals surface area contributed by atoms with E-state index in [1.807, 2.05) is 13.0 Å². The molecule has 2 saturated heterocycles. The second kappa shape index (κ2) is 6.96. The Bertz CT molecular complexity index is 1050. The summed E-state index contributed by atoms with van der Waals surface area (Å²) in [6.07, 6.45) is 2.29. The van der Waals surface area contributed by atoms with Gasteiger partial charge in [0.1, 0.15) is 11.5 Å². The van der Waals surface area contributed by atoms with Crippen LogP contribution in [0.15, 0.2) is 46.6 Å². The Kier molecular flexibility index (Phi) is 4.51. The topological polar surface area (TPSA) is 55.8 Å². The lowest BCUT2D eigenvalue weighted by Gasteiger charge is -2.19. The third-order valence-corrected chi connectivity index (χ3v) is 6.74. The van der Waals surface area contributed by atoms with Crippen LogP contribution in [0.2, 0.25) is 0 Å². The van der Waals surface area contributed by atoms with Crippen molar-refractivity contribution in [1.29, 1.82) is 0 Å². The minimum atomic E-state index is -0.462. The fraction of sp³-hybridized carbons (Fsp3) is 0.348. The van der Waals surface area contributed by atoms with E-state index in [1.165, 1.54) is 6.07 Å². The monoisotopic (exact) mass is 458 g/mol. The van der Waals surface area contributed by atoms with Gasteiger partial charge in [0.05, 0.1) is 29.6 Å². The highest BCUT2D eigenvalue weighted by Crippen LogP contribution is 2.53. The summed E-state index contributed by atoms with van der Waals surface area (Å²) in [6, 6.07) is 9.93. The van der Waals surface area contributed by atoms with Gasteiger partial charge in [-0.05, 0) is 60.7 Å². The Balaban J connectivity index is 1.49. The number of fused-ring (bicyclic) bond motifs is 5. The molecule has 3 aliphatic rings. The molecule has 2 fully saturated rings. The normalized spacial score (nSPS) is 27.6. The van der Waals surface area contributed by atoms with E-state index >= 15 is 0 Å². The molecule has 6 heteroatoms. The third-order valence-electron chi connectivity index (χ3n) is 6.24. The molecule has 0 spiro atoms. The number of carbonyl (C=O) groups excluding carboxylic acids is 1. The number of aliphatic hydroxyl groups excluding tert-OH is 1. The van der Waals surface area contributed by atoms with E-state index in [4.69, 9.17) is 9.47 Å². The Morgan fingerprint density at radius 1 is 1.17 bits per heavy atom. The number of aliphatic hydroxyl groups is 1. The molecule has 4 nitrogen and oxygen atoms in total. The number of ether oxygens (including phenoxy) is 2. The van der Waals surface area contributed by atoms with Crippen LogP contribution in [0.25, 0.3) is 5.57 Å². The van der Waals surface area contributed by atoms with Gasteiger partial charge in [-0.15, -0.1) is 0 Å². The first-order valence-corrected chi connectivity index (χ1v) is 10.7. The molecular formula is C23H20BrFO4. The molecule has 0 saturated carbocycles. The van der Waals surface area contributed by atoms with Crippen molar-refractivity contribution in [3.8, 4) is 11.5 Å². The van der Waals surface area contributed by atoms with Crippen LogP contribution in [0.4, 0.5) is 4.39 Å². The number of hydrogen-bond acceptors (Lipinski definition) is 4. The maximum atomic E-state index is 14.1. The maximum Gasteiger partial charge on any atom is 0.173 e. The van der Waals surface area contributed by atoms with Crippen LogP contribution < -0.4 is 4.74 Å². The lowest BCUT2D eigenvalue weighted by molar-refractivity contribution is -0.118. The zero-order valence-electron chi connectivity index (χ0n) is 15.8. The van der Waals surface area contributed by atoms with Gasteiger partial charge in [0.25, 0.3) is 0 Å². The molecule has 2 aliphatic heterocycles. The summed E-state index contributed by atoms with van der Waals surface area (Å²) in [4.78, 5) is 13.1. The zero-order chi connectivity index (χ0) is 20.3. The SMILES string of the molecule is CCc1cc(Oc2ccc(Br)cc2F)ccc1C1=C(O)[C@H]2[C@@H](C1=O)[C@H]1CC[C@@H]2O1. The highest BCUT2D eigenvalue weighted by molar-refractivity contribution is 9.10. The largest absolute Gasteiger partial charge is 0.511 e. The van der Waals surface area contributed by atoms with E-state index in [2.05, 4.69) is 15.9 Å². The lowest BCUT2D eigenvalue weighted by Crippen LogP contribution is -2.29. The Labute approximate surface area is 176 Å². The molecule has 2 aromatic rings. The van der Waals surface area contributed by atoms with Crippen molar-refractivity contribution in [1.82, 2.24) is 0 Å². The van der Waals surface area contributed by atoms with Crippen molar-refractivity contribution in [2.24, 2.45) is 11.8 Å². The molecule has 0 aromatic heterocycles. The number of halogens is 2. The van der Waals surface area contributed by atoms with Gasteiger partial charge in [-0.2, -0.15) is 0 Å². The number of Topliss-reactive ketones (excluding diaryl/α,β-unsaturated/α-hetero) is 1. The summed E-state index contributed by atoms with van der Waals surface area (Å²) >= 11 is 3.23. The molecule has 150 valence electrons. The van der Waals surface area contributed by atoms with Gasteiger partial charge in [0, 0.05) is 4.47 Å². The Hall–Kier alpha value is -2.18. The first-order valence-electron chi connectivity index (χ1n) is 9.87. The van der Waals surface area contributed by atoms with Gasteiger partial charge in [-0.3, -0.25) is 4.79 Å². The van der Waals surface area contributed by atoms with Crippen LogP contribution in [-0.4, -0.2) is 23.1 Å². The van der Waals surface area contributed by atoms with Crippen LogP contribution in [-0.2, 0) is 16.0 Å². The van der Waals surface area contributed by atoms with Crippen LogP contribution >= 0.6 is 15.9 Å². The van der Waals surface area contributed by atoms with Gasteiger partial charge in [0.2, 0.25) is 0 Å². The van der Waals surface area contributed by atoms with E-state index in [9.17, 15) is 14.3 Å². The van der Waals surface area contributed by atoms with Gasteiger partial charge >= 0.3 is 0 Å². The van der Waals surface area contributed by atoms with Crippen molar-refractivity contribution in [3.63, 3.8) is 0 Å². The van der Waals surface area contributed by atoms with Crippen molar-refractivity contribution in [2.45, 2.75) is 38.4 Å². The summed E-state index contributed by atoms with van der Waals surface area (Å²) < 4.78 is 26.3. The van der Waals surface area contributed by atoms with Crippen LogP contribution in [0.1, 0.15) is 30.9 Å². The summed E-state index contributed by atoms with van der Waals surface area (Å²) in [5.41, 5.74) is 2.02. The van der Waals surface area contributed by atoms with Crippen molar-refractivity contribution >= 4 is 27.3 Å². The predicted octanol–water partition coefficient (Wildman–Crippen LogP) is 5.59. The zero-order valence-corrected chi connectivity index (χ0v) is 17.4. The summed E-state index contributed by atoms with van der Waals surface area (Å²) in [7, 11) is 0. The predicted molar refractivity (Wildman–Crippen MR) is 109 cm³/mol. The second-order valence-electron chi connectivity index (χ2n) is 7.82. The Morgan fingerprint density at radius 2 is 1.93 bits per heavy atom. The number of benzene rings is 2. The lowest BCUT2D eigenvalue weighted by atomic mass is 9.80. The smallest absolute Gasteiger partial charge is 0.173 e. The molecular weight excluding hydrogens is 439 g/mol. The average Bonchev–Trinajstić information content (AvgIpc) is 3.38. The summed E-state index contributed by atoms with van der Waals surface area (Å²) in [5, 5.41) is 10.9.